The molecule has 0 radical (unpaired) electrons. The van der Waals surface area contributed by atoms with Crippen LogP contribution in [0.5, 0.6) is 0 Å². The summed E-state index contributed by atoms with van der Waals surface area (Å²) in [5.41, 5.74) is 6.28. The van der Waals surface area contributed by atoms with Gasteiger partial charge in [0.15, 0.2) is 0 Å². The van der Waals surface area contributed by atoms with E-state index in [1.54, 1.807) is 12.3 Å². The highest BCUT2D eigenvalue weighted by molar-refractivity contribution is 14.1. The number of aromatic nitrogens is 1. The van der Waals surface area contributed by atoms with E-state index in [0.29, 0.717) is 5.69 Å². The fraction of sp³-hybridized carbons (Fsp3) is 0.150. The molecule has 0 aliphatic rings. The Morgan fingerprint density at radius 1 is 1.08 bits per heavy atom. The molecule has 0 amide bonds. The van der Waals surface area contributed by atoms with Gasteiger partial charge in [-0.15, -0.1) is 0 Å². The molecular weight excluding hydrogens is 450 g/mol. The highest BCUT2D eigenvalue weighted by atomic mass is 127. The Morgan fingerprint density at radius 3 is 2.52 bits per heavy atom. The largest absolute Gasteiger partial charge is 0.318 e. The van der Waals surface area contributed by atoms with Crippen molar-refractivity contribution in [1.29, 1.82) is 0 Å². The SMILES string of the molecule is Cc1cc(-n2c(C)cc(C=Nc3ccc(F)c(Cl)c3)c2C)ccc1I. The number of aryl methyl sites for hydroxylation is 2. The second-order valence-electron chi connectivity index (χ2n) is 5.95. The van der Waals surface area contributed by atoms with Crippen molar-refractivity contribution < 1.29 is 4.39 Å². The average Bonchev–Trinajstić information content (AvgIpc) is 2.85. The highest BCUT2D eigenvalue weighted by Gasteiger charge is 2.10. The van der Waals surface area contributed by atoms with Crippen molar-refractivity contribution in [2.45, 2.75) is 20.8 Å². The Balaban J connectivity index is 1.97. The lowest BCUT2D eigenvalue weighted by atomic mass is 10.2. The number of rotatable bonds is 3. The van der Waals surface area contributed by atoms with Crippen molar-refractivity contribution in [3.63, 3.8) is 0 Å². The zero-order chi connectivity index (χ0) is 18.1. The number of nitrogens with zero attached hydrogens (tertiary/aromatic N) is 2. The van der Waals surface area contributed by atoms with E-state index < -0.39 is 5.82 Å². The number of aliphatic imine (C=N–C) groups is 1. The van der Waals surface area contributed by atoms with E-state index in [2.05, 4.69) is 77.2 Å². The molecule has 1 aromatic heterocycles. The van der Waals surface area contributed by atoms with Gasteiger partial charge in [0.05, 0.1) is 10.7 Å². The molecule has 25 heavy (non-hydrogen) atoms. The predicted octanol–water partition coefficient (Wildman–Crippen LogP) is 6.55. The molecule has 2 nitrogen and oxygen atoms in total. The molecule has 0 unspecified atom stereocenters. The van der Waals surface area contributed by atoms with Gasteiger partial charge in [0.25, 0.3) is 0 Å². The molecule has 0 saturated heterocycles. The van der Waals surface area contributed by atoms with Crippen LogP contribution in [0.1, 0.15) is 22.5 Å². The van der Waals surface area contributed by atoms with Crippen molar-refractivity contribution in [2.75, 3.05) is 0 Å². The Labute approximate surface area is 165 Å². The van der Waals surface area contributed by atoms with Crippen molar-refractivity contribution >= 4 is 46.1 Å². The van der Waals surface area contributed by atoms with Gasteiger partial charge in [0.2, 0.25) is 0 Å². The lowest BCUT2D eigenvalue weighted by Gasteiger charge is -2.11. The van der Waals surface area contributed by atoms with Gasteiger partial charge < -0.3 is 4.57 Å². The molecule has 0 saturated carbocycles. The number of hydrogen-bond donors (Lipinski definition) is 0. The Bertz CT molecular complexity index is 976. The van der Waals surface area contributed by atoms with Crippen LogP contribution in [0.15, 0.2) is 47.5 Å². The molecule has 0 fully saturated rings. The number of hydrogen-bond acceptors (Lipinski definition) is 1. The molecule has 128 valence electrons. The van der Waals surface area contributed by atoms with E-state index in [1.807, 2.05) is 0 Å². The molecule has 0 bridgehead atoms. The van der Waals surface area contributed by atoms with Gasteiger partial charge >= 0.3 is 0 Å². The lowest BCUT2D eigenvalue weighted by molar-refractivity contribution is 0.628. The normalized spacial score (nSPS) is 11.4. The molecule has 3 rings (SSSR count). The first-order valence-corrected chi connectivity index (χ1v) is 9.27. The molecule has 0 N–H and O–H groups in total. The highest BCUT2D eigenvalue weighted by Crippen LogP contribution is 2.24. The second-order valence-corrected chi connectivity index (χ2v) is 7.52. The summed E-state index contributed by atoms with van der Waals surface area (Å²) in [7, 11) is 0. The van der Waals surface area contributed by atoms with Crippen LogP contribution in [0.2, 0.25) is 5.02 Å². The van der Waals surface area contributed by atoms with Gasteiger partial charge in [-0.1, -0.05) is 11.6 Å². The Kier molecular flexibility index (Phi) is 5.29. The summed E-state index contributed by atoms with van der Waals surface area (Å²) in [5.74, 6) is -0.437. The van der Waals surface area contributed by atoms with Gasteiger partial charge in [-0.25, -0.2) is 4.39 Å². The van der Waals surface area contributed by atoms with E-state index in [1.165, 1.54) is 21.3 Å². The fourth-order valence-corrected chi connectivity index (χ4v) is 3.30. The third-order valence-electron chi connectivity index (χ3n) is 4.13. The summed E-state index contributed by atoms with van der Waals surface area (Å²) in [4.78, 5) is 4.43. The van der Waals surface area contributed by atoms with Crippen molar-refractivity contribution in [3.05, 3.63) is 79.4 Å². The van der Waals surface area contributed by atoms with Gasteiger partial charge in [-0.3, -0.25) is 4.99 Å². The lowest BCUT2D eigenvalue weighted by Crippen LogP contribution is -2.00. The third-order valence-corrected chi connectivity index (χ3v) is 5.63. The topological polar surface area (TPSA) is 17.3 Å². The third kappa shape index (κ3) is 3.80. The smallest absolute Gasteiger partial charge is 0.141 e. The Hall–Kier alpha value is -1.66. The maximum Gasteiger partial charge on any atom is 0.141 e. The van der Waals surface area contributed by atoms with E-state index in [0.717, 1.165) is 22.6 Å². The van der Waals surface area contributed by atoms with Gasteiger partial charge in [0.1, 0.15) is 5.82 Å². The molecule has 2 aromatic carbocycles. The van der Waals surface area contributed by atoms with Crippen LogP contribution in [0.25, 0.3) is 5.69 Å². The fourth-order valence-electron chi connectivity index (χ4n) is 2.79. The summed E-state index contributed by atoms with van der Waals surface area (Å²) in [6, 6.07) is 13.0. The average molecular weight is 467 g/mol. The molecule has 3 aromatic rings. The first kappa shape index (κ1) is 18.1. The van der Waals surface area contributed by atoms with Crippen molar-refractivity contribution in [3.8, 4) is 5.69 Å². The summed E-state index contributed by atoms with van der Waals surface area (Å²) in [6.07, 6.45) is 1.79. The first-order chi connectivity index (χ1) is 11.9. The summed E-state index contributed by atoms with van der Waals surface area (Å²) < 4.78 is 16.7. The predicted molar refractivity (Wildman–Crippen MR) is 111 cm³/mol. The molecule has 5 heteroatoms. The molecule has 1 heterocycles. The van der Waals surface area contributed by atoms with E-state index in [4.69, 9.17) is 11.6 Å². The minimum absolute atomic E-state index is 0.0782. The maximum atomic E-state index is 13.2. The molecular formula is C20H17ClFIN2. The standard InChI is InChI=1S/C20H17ClFIN2/c1-12-8-17(5-7-20(12)23)25-13(2)9-15(14(25)3)11-24-16-4-6-19(22)18(21)10-16/h4-11H,1-3H3. The Morgan fingerprint density at radius 2 is 1.84 bits per heavy atom. The zero-order valence-corrected chi connectivity index (χ0v) is 17.1. The maximum absolute atomic E-state index is 13.2. The van der Waals surface area contributed by atoms with Crippen molar-refractivity contribution in [2.24, 2.45) is 4.99 Å². The van der Waals surface area contributed by atoms with Crippen LogP contribution in [-0.4, -0.2) is 10.8 Å². The molecule has 0 aliphatic carbocycles. The quantitative estimate of drug-likeness (QED) is 0.308. The van der Waals surface area contributed by atoms with Gasteiger partial charge in [-0.05, 0) is 91.4 Å². The summed E-state index contributed by atoms with van der Waals surface area (Å²) >= 11 is 8.15. The minimum Gasteiger partial charge on any atom is -0.318 e. The summed E-state index contributed by atoms with van der Waals surface area (Å²) in [5, 5.41) is 0.0782. The monoisotopic (exact) mass is 466 g/mol. The van der Waals surface area contributed by atoms with Gasteiger partial charge in [0, 0.05) is 32.4 Å². The number of benzene rings is 2. The van der Waals surface area contributed by atoms with Gasteiger partial charge in [-0.2, -0.15) is 0 Å². The van der Waals surface area contributed by atoms with Crippen LogP contribution in [-0.2, 0) is 0 Å². The molecule has 0 aliphatic heterocycles. The van der Waals surface area contributed by atoms with Crippen LogP contribution in [0.3, 0.4) is 0 Å². The second kappa shape index (κ2) is 7.30. The van der Waals surface area contributed by atoms with Crippen molar-refractivity contribution in [1.82, 2.24) is 4.57 Å². The summed E-state index contributed by atoms with van der Waals surface area (Å²) in [6.45, 7) is 6.26. The van der Waals surface area contributed by atoms with E-state index >= 15 is 0 Å². The number of halogens is 3. The van der Waals surface area contributed by atoms with E-state index in [-0.39, 0.29) is 5.02 Å². The van der Waals surface area contributed by atoms with Crippen LogP contribution >= 0.6 is 34.2 Å². The van der Waals surface area contributed by atoms with Crippen LogP contribution in [0.4, 0.5) is 10.1 Å². The van der Waals surface area contributed by atoms with Crippen LogP contribution in [0, 0.1) is 30.2 Å². The first-order valence-electron chi connectivity index (χ1n) is 7.81. The van der Waals surface area contributed by atoms with Crippen LogP contribution < -0.4 is 0 Å². The zero-order valence-electron chi connectivity index (χ0n) is 14.1. The molecule has 0 atom stereocenters. The minimum atomic E-state index is -0.437. The van der Waals surface area contributed by atoms with E-state index in [9.17, 15) is 4.39 Å². The molecule has 0 spiro atoms.